The van der Waals surface area contributed by atoms with Crippen LogP contribution in [0.4, 0.5) is 5.69 Å². The molecule has 0 aromatic heterocycles. The average molecular weight is 272 g/mol. The lowest BCUT2D eigenvalue weighted by molar-refractivity contribution is -0.126. The van der Waals surface area contributed by atoms with Crippen molar-refractivity contribution in [3.05, 3.63) is 42.0 Å². The average Bonchev–Trinajstić information content (AvgIpc) is 2.41. The van der Waals surface area contributed by atoms with Crippen molar-refractivity contribution in [1.82, 2.24) is 5.32 Å². The molecular formula is C16H20N2O2. The van der Waals surface area contributed by atoms with Crippen molar-refractivity contribution in [2.24, 2.45) is 0 Å². The number of nitrogens with one attached hydrogen (secondary N) is 1. The molecule has 1 unspecified atom stereocenters. The Morgan fingerprint density at radius 3 is 2.65 bits per heavy atom. The van der Waals surface area contributed by atoms with Crippen LogP contribution in [0.25, 0.3) is 0 Å². The van der Waals surface area contributed by atoms with E-state index in [0.717, 1.165) is 17.7 Å². The first-order chi connectivity index (χ1) is 9.58. The van der Waals surface area contributed by atoms with Crippen molar-refractivity contribution >= 4 is 17.5 Å². The third-order valence-electron chi connectivity index (χ3n) is 3.24. The van der Waals surface area contributed by atoms with Crippen LogP contribution in [0.1, 0.15) is 26.7 Å². The number of rotatable bonds is 3. The van der Waals surface area contributed by atoms with Crippen molar-refractivity contribution < 1.29 is 9.59 Å². The fourth-order valence-electron chi connectivity index (χ4n) is 2.35. The Bertz CT molecular complexity index is 519. The van der Waals surface area contributed by atoms with Crippen molar-refractivity contribution in [2.45, 2.75) is 32.7 Å². The zero-order valence-electron chi connectivity index (χ0n) is 11.9. The fourth-order valence-corrected chi connectivity index (χ4v) is 2.35. The quantitative estimate of drug-likeness (QED) is 0.858. The second-order valence-corrected chi connectivity index (χ2v) is 5.25. The van der Waals surface area contributed by atoms with E-state index in [9.17, 15) is 9.59 Å². The van der Waals surface area contributed by atoms with E-state index in [-0.39, 0.29) is 11.8 Å². The van der Waals surface area contributed by atoms with Crippen LogP contribution in [0, 0.1) is 0 Å². The summed E-state index contributed by atoms with van der Waals surface area (Å²) in [4.78, 5) is 25.9. The van der Waals surface area contributed by atoms with E-state index in [4.69, 9.17) is 0 Å². The van der Waals surface area contributed by atoms with E-state index >= 15 is 0 Å². The minimum absolute atomic E-state index is 0.0297. The van der Waals surface area contributed by atoms with Gasteiger partial charge in [0.2, 0.25) is 11.8 Å². The second-order valence-electron chi connectivity index (χ2n) is 5.25. The normalized spacial score (nSPS) is 18.6. The Kier molecular flexibility index (Phi) is 4.56. The largest absolute Gasteiger partial charge is 0.341 e. The van der Waals surface area contributed by atoms with Gasteiger partial charge in [0.1, 0.15) is 6.04 Å². The maximum atomic E-state index is 12.4. The number of benzene rings is 1. The zero-order valence-corrected chi connectivity index (χ0v) is 11.9. The Morgan fingerprint density at radius 2 is 2.00 bits per heavy atom. The molecule has 1 saturated heterocycles. The first-order valence-electron chi connectivity index (χ1n) is 6.90. The van der Waals surface area contributed by atoms with Gasteiger partial charge in [0.05, 0.1) is 0 Å². The van der Waals surface area contributed by atoms with E-state index in [0.29, 0.717) is 13.0 Å². The highest BCUT2D eigenvalue weighted by atomic mass is 16.2. The maximum absolute atomic E-state index is 12.4. The molecule has 1 N–H and O–H groups in total. The van der Waals surface area contributed by atoms with Gasteiger partial charge in [-0.05, 0) is 38.8 Å². The number of anilines is 1. The first-order valence-corrected chi connectivity index (χ1v) is 6.90. The minimum Gasteiger partial charge on any atom is -0.341 e. The molecule has 0 spiro atoms. The number of nitrogens with zero attached hydrogens (tertiary/aromatic N) is 1. The molecule has 1 aromatic carbocycles. The number of para-hydroxylation sites is 1. The lowest BCUT2D eigenvalue weighted by Gasteiger charge is -2.32. The molecule has 0 saturated carbocycles. The SMILES string of the molecule is CC(C)=CC(=O)NC1CCCN(c2ccccc2)C1=O. The van der Waals surface area contributed by atoms with E-state index in [2.05, 4.69) is 5.32 Å². The first kappa shape index (κ1) is 14.3. The molecule has 1 aliphatic rings. The van der Waals surface area contributed by atoms with Crippen molar-refractivity contribution in [2.75, 3.05) is 11.4 Å². The number of piperidine rings is 1. The Morgan fingerprint density at radius 1 is 1.30 bits per heavy atom. The molecule has 2 amide bonds. The summed E-state index contributed by atoms with van der Waals surface area (Å²) in [6.45, 7) is 4.43. The number of hydrogen-bond acceptors (Lipinski definition) is 2. The summed E-state index contributed by atoms with van der Waals surface area (Å²) in [6.07, 6.45) is 3.11. The molecule has 0 aliphatic carbocycles. The molecule has 0 radical (unpaired) electrons. The molecule has 106 valence electrons. The molecule has 1 heterocycles. The van der Waals surface area contributed by atoms with Crippen LogP contribution in [0.3, 0.4) is 0 Å². The summed E-state index contributed by atoms with van der Waals surface area (Å²) < 4.78 is 0. The molecule has 1 fully saturated rings. The number of hydrogen-bond donors (Lipinski definition) is 1. The summed E-state index contributed by atoms with van der Waals surface area (Å²) in [5.41, 5.74) is 1.81. The monoisotopic (exact) mass is 272 g/mol. The van der Waals surface area contributed by atoms with Crippen LogP contribution in [0.5, 0.6) is 0 Å². The lowest BCUT2D eigenvalue weighted by Crippen LogP contribution is -2.52. The summed E-state index contributed by atoms with van der Waals surface area (Å²) in [6, 6.07) is 9.15. The van der Waals surface area contributed by atoms with Crippen molar-refractivity contribution in [3.8, 4) is 0 Å². The summed E-state index contributed by atoms with van der Waals surface area (Å²) in [7, 11) is 0. The molecule has 0 bridgehead atoms. The molecule has 1 aliphatic heterocycles. The number of carbonyl (C=O) groups is 2. The smallest absolute Gasteiger partial charge is 0.249 e. The van der Waals surface area contributed by atoms with Gasteiger partial charge in [-0.25, -0.2) is 0 Å². The second kappa shape index (κ2) is 6.37. The van der Waals surface area contributed by atoms with Gasteiger partial charge in [-0.1, -0.05) is 23.8 Å². The van der Waals surface area contributed by atoms with Crippen LogP contribution >= 0.6 is 0 Å². The van der Waals surface area contributed by atoms with Crippen molar-refractivity contribution in [3.63, 3.8) is 0 Å². The van der Waals surface area contributed by atoms with Crippen LogP contribution in [-0.2, 0) is 9.59 Å². The summed E-state index contributed by atoms with van der Waals surface area (Å²) in [5.74, 6) is -0.226. The van der Waals surface area contributed by atoms with Crippen molar-refractivity contribution in [1.29, 1.82) is 0 Å². The highest BCUT2D eigenvalue weighted by molar-refractivity contribution is 6.01. The van der Waals surface area contributed by atoms with Gasteiger partial charge in [0, 0.05) is 18.3 Å². The number of amides is 2. The van der Waals surface area contributed by atoms with Crippen LogP contribution in [-0.4, -0.2) is 24.4 Å². The maximum Gasteiger partial charge on any atom is 0.249 e. The minimum atomic E-state index is -0.424. The van der Waals surface area contributed by atoms with Crippen LogP contribution in [0.15, 0.2) is 42.0 Å². The Labute approximate surface area is 119 Å². The number of allylic oxidation sites excluding steroid dienone is 1. The summed E-state index contributed by atoms with van der Waals surface area (Å²) in [5, 5.41) is 2.79. The molecule has 20 heavy (non-hydrogen) atoms. The van der Waals surface area contributed by atoms with Gasteiger partial charge in [-0.3, -0.25) is 9.59 Å². The summed E-state index contributed by atoms with van der Waals surface area (Å²) >= 11 is 0. The molecule has 4 heteroatoms. The van der Waals surface area contributed by atoms with Crippen LogP contribution < -0.4 is 10.2 Å². The lowest BCUT2D eigenvalue weighted by atomic mass is 10.0. The van der Waals surface area contributed by atoms with E-state index in [1.807, 2.05) is 44.2 Å². The third kappa shape index (κ3) is 3.47. The molecule has 1 aromatic rings. The van der Waals surface area contributed by atoms with E-state index < -0.39 is 6.04 Å². The fraction of sp³-hybridized carbons (Fsp3) is 0.375. The predicted molar refractivity (Wildman–Crippen MR) is 79.4 cm³/mol. The van der Waals surface area contributed by atoms with Gasteiger partial charge in [0.25, 0.3) is 0 Å². The number of carbonyl (C=O) groups excluding carboxylic acids is 2. The van der Waals surface area contributed by atoms with Gasteiger partial charge < -0.3 is 10.2 Å². The molecule has 1 atom stereocenters. The van der Waals surface area contributed by atoms with Gasteiger partial charge in [-0.15, -0.1) is 0 Å². The van der Waals surface area contributed by atoms with Gasteiger partial charge in [0.15, 0.2) is 0 Å². The highest BCUT2D eigenvalue weighted by Crippen LogP contribution is 2.20. The topological polar surface area (TPSA) is 49.4 Å². The Balaban J connectivity index is 2.08. The zero-order chi connectivity index (χ0) is 14.5. The van der Waals surface area contributed by atoms with E-state index in [1.54, 1.807) is 4.90 Å². The highest BCUT2D eigenvalue weighted by Gasteiger charge is 2.30. The Hall–Kier alpha value is -2.10. The molecule has 4 nitrogen and oxygen atoms in total. The standard InChI is InChI=1S/C16H20N2O2/c1-12(2)11-15(19)17-14-9-6-10-18(16(14)20)13-7-4-3-5-8-13/h3-5,7-8,11,14H,6,9-10H2,1-2H3,(H,17,19). The predicted octanol–water partition coefficient (Wildman–Crippen LogP) is 2.26. The van der Waals surface area contributed by atoms with E-state index in [1.165, 1.54) is 6.08 Å². The van der Waals surface area contributed by atoms with Gasteiger partial charge in [-0.2, -0.15) is 0 Å². The van der Waals surface area contributed by atoms with Crippen LogP contribution in [0.2, 0.25) is 0 Å². The van der Waals surface area contributed by atoms with Gasteiger partial charge >= 0.3 is 0 Å². The molecule has 2 rings (SSSR count). The third-order valence-corrected chi connectivity index (χ3v) is 3.24. The molecular weight excluding hydrogens is 252 g/mol.